The first-order chi connectivity index (χ1) is 16.3. The van der Waals surface area contributed by atoms with Crippen LogP contribution in [0, 0.1) is 10.5 Å². The maximum Gasteiger partial charge on any atom is 0.363 e. The fourth-order valence-corrected chi connectivity index (χ4v) is 4.16. The van der Waals surface area contributed by atoms with Crippen LogP contribution in [0.15, 0.2) is 69.8 Å². The minimum atomic E-state index is -0.588. The van der Waals surface area contributed by atoms with Crippen LogP contribution in [0.5, 0.6) is 11.5 Å². The van der Waals surface area contributed by atoms with Gasteiger partial charge >= 0.3 is 11.9 Å². The number of hydrogen-bond donors (Lipinski definition) is 0. The van der Waals surface area contributed by atoms with E-state index in [9.17, 15) is 9.59 Å². The zero-order valence-corrected chi connectivity index (χ0v) is 22.4. The van der Waals surface area contributed by atoms with Crippen molar-refractivity contribution in [3.8, 4) is 11.5 Å². The Morgan fingerprint density at radius 1 is 1.18 bits per heavy atom. The van der Waals surface area contributed by atoms with E-state index in [-0.39, 0.29) is 28.1 Å². The summed E-state index contributed by atoms with van der Waals surface area (Å²) in [6.07, 6.45) is 1.53. The van der Waals surface area contributed by atoms with E-state index in [2.05, 4.69) is 43.5 Å². The van der Waals surface area contributed by atoms with Gasteiger partial charge in [-0.15, -0.1) is 0 Å². The van der Waals surface area contributed by atoms with Gasteiger partial charge in [0.25, 0.3) is 0 Å². The first kappa shape index (κ1) is 24.4. The van der Waals surface area contributed by atoms with E-state index >= 15 is 0 Å². The molecular formula is C25H16BrClINO5. The highest BCUT2D eigenvalue weighted by atomic mass is 127. The number of carbonyl (C=O) groups excluding carboxylic acids is 2. The van der Waals surface area contributed by atoms with E-state index in [0.717, 1.165) is 13.6 Å². The molecule has 0 bridgehead atoms. The first-order valence-corrected chi connectivity index (χ1v) is 12.1. The van der Waals surface area contributed by atoms with Gasteiger partial charge in [0, 0.05) is 13.6 Å². The second-order valence-electron chi connectivity index (χ2n) is 7.20. The summed E-state index contributed by atoms with van der Waals surface area (Å²) < 4.78 is 18.2. The largest absolute Gasteiger partial charge is 0.493 e. The summed E-state index contributed by atoms with van der Waals surface area (Å²) in [6.45, 7) is 1.81. The number of rotatable bonds is 5. The molecule has 0 spiro atoms. The van der Waals surface area contributed by atoms with Gasteiger partial charge in [0.15, 0.2) is 17.2 Å². The summed E-state index contributed by atoms with van der Waals surface area (Å²) >= 11 is 12.1. The molecular weight excluding hydrogens is 637 g/mol. The molecule has 4 rings (SSSR count). The average molecular weight is 653 g/mol. The molecule has 0 fully saturated rings. The smallest absolute Gasteiger partial charge is 0.363 e. The summed E-state index contributed by atoms with van der Waals surface area (Å²) in [7, 11) is 1.43. The topological polar surface area (TPSA) is 74.2 Å². The Bertz CT molecular complexity index is 1390. The van der Waals surface area contributed by atoms with Crippen molar-refractivity contribution in [2.45, 2.75) is 6.92 Å². The van der Waals surface area contributed by atoms with Crippen LogP contribution in [-0.2, 0) is 9.53 Å². The Morgan fingerprint density at radius 3 is 2.65 bits per heavy atom. The van der Waals surface area contributed by atoms with Gasteiger partial charge in [-0.05, 0) is 99.0 Å². The van der Waals surface area contributed by atoms with Crippen molar-refractivity contribution in [3.63, 3.8) is 0 Å². The van der Waals surface area contributed by atoms with E-state index in [4.69, 9.17) is 25.8 Å². The molecule has 6 nitrogen and oxygen atoms in total. The molecule has 0 saturated heterocycles. The summed E-state index contributed by atoms with van der Waals surface area (Å²) in [5, 5.41) is 0.144. The van der Waals surface area contributed by atoms with Crippen LogP contribution in [0.4, 0.5) is 0 Å². The fourth-order valence-electron chi connectivity index (χ4n) is 3.19. The van der Waals surface area contributed by atoms with Crippen molar-refractivity contribution in [3.05, 3.63) is 95.6 Å². The molecule has 34 heavy (non-hydrogen) atoms. The molecule has 0 amide bonds. The number of aliphatic imine (C=N–C) groups is 1. The third kappa shape index (κ3) is 5.18. The Balaban J connectivity index is 1.64. The van der Waals surface area contributed by atoms with Crippen molar-refractivity contribution < 1.29 is 23.8 Å². The van der Waals surface area contributed by atoms with Gasteiger partial charge in [0.05, 0.1) is 17.7 Å². The molecule has 0 unspecified atom stereocenters. The lowest BCUT2D eigenvalue weighted by Crippen LogP contribution is -2.11. The number of methoxy groups -OCH3 is 1. The molecule has 3 aromatic carbocycles. The second kappa shape index (κ2) is 10.3. The standard InChI is InChI=1S/C25H16BrClINO5/c1-13-5-3-4-6-16(13)24(30)33-22-18(27)9-14(11-21(22)32-2)10-20-25(31)34-23(29-20)15-7-8-19(28)17(26)12-15/h3-12H,1-2H3/b20-10-. The van der Waals surface area contributed by atoms with Gasteiger partial charge < -0.3 is 14.2 Å². The predicted octanol–water partition coefficient (Wildman–Crippen LogP) is 6.59. The molecule has 3 aromatic rings. The molecule has 0 aliphatic carbocycles. The fraction of sp³-hybridized carbons (Fsp3) is 0.0800. The van der Waals surface area contributed by atoms with Crippen LogP contribution in [-0.4, -0.2) is 24.9 Å². The van der Waals surface area contributed by atoms with Gasteiger partial charge in [-0.2, -0.15) is 0 Å². The SMILES string of the molecule is COc1cc(/C=C2\N=C(c3ccc(I)c(Br)c3)OC2=O)cc(Cl)c1OC(=O)c1ccccc1C. The Kier molecular flexibility index (Phi) is 7.39. The van der Waals surface area contributed by atoms with Crippen molar-refractivity contribution in [1.82, 2.24) is 0 Å². The molecule has 0 saturated carbocycles. The number of benzene rings is 3. The van der Waals surface area contributed by atoms with Crippen LogP contribution in [0.3, 0.4) is 0 Å². The van der Waals surface area contributed by atoms with Crippen molar-refractivity contribution in [1.29, 1.82) is 0 Å². The van der Waals surface area contributed by atoms with Crippen LogP contribution in [0.1, 0.15) is 27.0 Å². The normalized spacial score (nSPS) is 14.1. The van der Waals surface area contributed by atoms with Gasteiger partial charge in [0.1, 0.15) is 0 Å². The number of hydrogen-bond acceptors (Lipinski definition) is 6. The molecule has 0 radical (unpaired) electrons. The number of nitrogens with zero attached hydrogens (tertiary/aromatic N) is 1. The molecule has 1 aliphatic heterocycles. The van der Waals surface area contributed by atoms with Crippen LogP contribution >= 0.6 is 50.1 Å². The van der Waals surface area contributed by atoms with Crippen LogP contribution < -0.4 is 9.47 Å². The van der Waals surface area contributed by atoms with E-state index < -0.39 is 11.9 Å². The lowest BCUT2D eigenvalue weighted by molar-refractivity contribution is -0.129. The Morgan fingerprint density at radius 2 is 1.94 bits per heavy atom. The quantitative estimate of drug-likeness (QED) is 0.135. The first-order valence-electron chi connectivity index (χ1n) is 9.90. The maximum absolute atomic E-state index is 12.6. The lowest BCUT2D eigenvalue weighted by atomic mass is 10.1. The highest BCUT2D eigenvalue weighted by molar-refractivity contribution is 14.1. The average Bonchev–Trinajstić information content (AvgIpc) is 3.17. The summed E-state index contributed by atoms with van der Waals surface area (Å²) in [4.78, 5) is 29.4. The zero-order chi connectivity index (χ0) is 24.4. The number of ether oxygens (including phenoxy) is 3. The number of esters is 2. The molecule has 9 heteroatoms. The van der Waals surface area contributed by atoms with Crippen molar-refractivity contribution in [2.24, 2.45) is 4.99 Å². The highest BCUT2D eigenvalue weighted by Crippen LogP contribution is 2.38. The summed E-state index contributed by atoms with van der Waals surface area (Å²) in [5.74, 6) is -0.619. The molecule has 0 atom stereocenters. The number of halogens is 3. The molecule has 0 aromatic heterocycles. The Labute approximate surface area is 222 Å². The monoisotopic (exact) mass is 651 g/mol. The van der Waals surface area contributed by atoms with Crippen LogP contribution in [0.25, 0.3) is 6.08 Å². The van der Waals surface area contributed by atoms with E-state index in [1.54, 1.807) is 24.3 Å². The number of carbonyl (C=O) groups is 2. The zero-order valence-electron chi connectivity index (χ0n) is 17.9. The minimum Gasteiger partial charge on any atom is -0.493 e. The van der Waals surface area contributed by atoms with Gasteiger partial charge in [-0.25, -0.2) is 14.6 Å². The van der Waals surface area contributed by atoms with Gasteiger partial charge in [-0.1, -0.05) is 29.8 Å². The summed E-state index contributed by atoms with van der Waals surface area (Å²) in [5.41, 5.74) is 2.49. The molecule has 0 N–H and O–H groups in total. The number of aryl methyl sites for hydroxylation is 1. The third-order valence-electron chi connectivity index (χ3n) is 4.90. The van der Waals surface area contributed by atoms with Gasteiger partial charge in [0.2, 0.25) is 5.90 Å². The lowest BCUT2D eigenvalue weighted by Gasteiger charge is -2.13. The maximum atomic E-state index is 12.6. The van der Waals surface area contributed by atoms with E-state index in [0.29, 0.717) is 16.7 Å². The third-order valence-corrected chi connectivity index (χ3v) is 7.52. The molecule has 172 valence electrons. The van der Waals surface area contributed by atoms with Crippen molar-refractivity contribution >= 4 is 74.0 Å². The number of cyclic esters (lactones) is 1. The van der Waals surface area contributed by atoms with Gasteiger partial charge in [-0.3, -0.25) is 0 Å². The van der Waals surface area contributed by atoms with E-state index in [1.807, 2.05) is 37.3 Å². The second-order valence-corrected chi connectivity index (χ2v) is 9.63. The van der Waals surface area contributed by atoms with Crippen molar-refractivity contribution in [2.75, 3.05) is 7.11 Å². The molecule has 1 aliphatic rings. The highest BCUT2D eigenvalue weighted by Gasteiger charge is 2.25. The van der Waals surface area contributed by atoms with Crippen LogP contribution in [0.2, 0.25) is 5.02 Å². The predicted molar refractivity (Wildman–Crippen MR) is 142 cm³/mol. The van der Waals surface area contributed by atoms with E-state index in [1.165, 1.54) is 13.2 Å². The summed E-state index contributed by atoms with van der Waals surface area (Å²) in [6, 6.07) is 15.8. The molecule has 1 heterocycles. The minimum absolute atomic E-state index is 0.0847. The Hall–Kier alpha value is -2.69.